The summed E-state index contributed by atoms with van der Waals surface area (Å²) in [4.78, 5) is 29.5. The van der Waals surface area contributed by atoms with Gasteiger partial charge < -0.3 is 5.73 Å². The Kier molecular flexibility index (Phi) is 8.07. The van der Waals surface area contributed by atoms with E-state index in [1.54, 1.807) is 18.2 Å². The molecular formula is C36H32BeN2O2. The predicted molar refractivity (Wildman–Crippen MR) is 167 cm³/mol. The van der Waals surface area contributed by atoms with E-state index in [0.717, 1.165) is 23.1 Å². The maximum absolute atomic E-state index is 14.2. The smallest absolute Gasteiger partial charge is 0.399 e. The Labute approximate surface area is 246 Å². The van der Waals surface area contributed by atoms with Crippen molar-refractivity contribution in [1.29, 1.82) is 0 Å². The fourth-order valence-corrected chi connectivity index (χ4v) is 5.03. The van der Waals surface area contributed by atoms with E-state index in [1.807, 2.05) is 68.5 Å². The number of allylic oxidation sites excluding steroid dienone is 1. The third kappa shape index (κ3) is 5.73. The van der Waals surface area contributed by atoms with Gasteiger partial charge >= 0.3 is 10.1 Å². The largest absolute Gasteiger partial charge is 2.00 e. The predicted octanol–water partition coefficient (Wildman–Crippen LogP) is 7.08. The van der Waals surface area contributed by atoms with Crippen molar-refractivity contribution in [3.05, 3.63) is 114 Å². The number of hydrogen-bond donors (Lipinski definition) is 1. The van der Waals surface area contributed by atoms with Crippen LogP contribution in [-0.4, -0.2) is 32.4 Å². The number of nitrogens with two attached hydrogens (primary N) is 1. The molecule has 4 nitrogen and oxygen atoms in total. The minimum Gasteiger partial charge on any atom is -0.399 e. The van der Waals surface area contributed by atoms with E-state index in [9.17, 15) is 9.59 Å². The molecule has 2 amide bonds. The first kappa shape index (κ1) is 29.5. The zero-order valence-electron chi connectivity index (χ0n) is 24.1. The Morgan fingerprint density at radius 1 is 0.902 bits per heavy atom. The molecule has 0 spiro atoms. The van der Waals surface area contributed by atoms with Crippen LogP contribution in [0.1, 0.15) is 72.4 Å². The van der Waals surface area contributed by atoms with Crippen LogP contribution in [0.15, 0.2) is 79.4 Å². The first-order valence-electron chi connectivity index (χ1n) is 13.4. The molecule has 1 aliphatic rings. The first-order chi connectivity index (χ1) is 19.0. The van der Waals surface area contributed by atoms with Crippen molar-refractivity contribution in [3.8, 4) is 23.0 Å². The molecule has 200 valence electrons. The van der Waals surface area contributed by atoms with E-state index >= 15 is 0 Å². The zero-order valence-corrected chi connectivity index (χ0v) is 24.1. The third-order valence-corrected chi connectivity index (χ3v) is 7.68. The molecule has 5 rings (SSSR count). The second-order valence-electron chi connectivity index (χ2n) is 11.6. The van der Waals surface area contributed by atoms with Gasteiger partial charge in [-0.3, -0.25) is 14.5 Å². The van der Waals surface area contributed by atoms with Crippen molar-refractivity contribution in [2.24, 2.45) is 5.41 Å². The number of anilines is 1. The van der Waals surface area contributed by atoms with Gasteiger partial charge in [-0.1, -0.05) is 48.6 Å². The van der Waals surface area contributed by atoms with E-state index in [1.165, 1.54) is 4.90 Å². The van der Waals surface area contributed by atoms with Gasteiger partial charge in [-0.25, -0.2) is 0 Å². The molecule has 4 aromatic rings. The summed E-state index contributed by atoms with van der Waals surface area (Å²) >= 11 is 0. The monoisotopic (exact) mass is 533 g/mol. The molecule has 0 aromatic heterocycles. The van der Waals surface area contributed by atoms with Crippen LogP contribution >= 0.6 is 0 Å². The van der Waals surface area contributed by atoms with Crippen LogP contribution in [0.3, 0.4) is 0 Å². The molecule has 0 radical (unpaired) electrons. The van der Waals surface area contributed by atoms with E-state index < -0.39 is 5.54 Å². The Morgan fingerprint density at radius 2 is 1.59 bits per heavy atom. The SMILES string of the molecule is C=CC(C)(C)CCC(C)(C)N1C(=O)c2ccc(-c3[c-]cccc3)c3[c-]c(C#Cc4ccc(N)cc4)cc(c23)C1=O.[Be+2]. The Balaban J connectivity index is 0.00000387. The van der Waals surface area contributed by atoms with Crippen LogP contribution in [0, 0.1) is 29.4 Å². The molecule has 5 heteroatoms. The van der Waals surface area contributed by atoms with Crippen LogP contribution in [0.4, 0.5) is 5.69 Å². The number of carbonyl (C=O) groups is 2. The van der Waals surface area contributed by atoms with E-state index in [4.69, 9.17) is 5.73 Å². The minimum atomic E-state index is -0.709. The maximum atomic E-state index is 14.2. The van der Waals surface area contributed by atoms with Crippen molar-refractivity contribution in [2.75, 3.05) is 5.73 Å². The van der Waals surface area contributed by atoms with Crippen molar-refractivity contribution in [1.82, 2.24) is 4.90 Å². The average Bonchev–Trinajstić information content (AvgIpc) is 2.94. The van der Waals surface area contributed by atoms with Gasteiger partial charge in [0.05, 0.1) is 0 Å². The van der Waals surface area contributed by atoms with Crippen LogP contribution in [0.5, 0.6) is 0 Å². The molecular weight excluding hydrogens is 501 g/mol. The van der Waals surface area contributed by atoms with Gasteiger partial charge in [-0.15, -0.1) is 65.9 Å². The summed E-state index contributed by atoms with van der Waals surface area (Å²) in [5.74, 6) is 5.74. The number of rotatable bonds is 6. The fraction of sp³-hybridized carbons (Fsp3) is 0.222. The number of benzene rings is 4. The minimum absolute atomic E-state index is 0. The van der Waals surface area contributed by atoms with Crippen LogP contribution < -0.4 is 5.73 Å². The van der Waals surface area contributed by atoms with Gasteiger partial charge in [0.2, 0.25) is 5.91 Å². The zero-order chi connectivity index (χ0) is 28.7. The van der Waals surface area contributed by atoms with Crippen molar-refractivity contribution in [3.63, 3.8) is 0 Å². The van der Waals surface area contributed by atoms with Gasteiger partial charge in [0.25, 0.3) is 5.91 Å². The Morgan fingerprint density at radius 3 is 2.24 bits per heavy atom. The molecule has 4 aromatic carbocycles. The average molecular weight is 534 g/mol. The summed E-state index contributed by atoms with van der Waals surface area (Å²) in [6.07, 6.45) is 3.34. The molecule has 0 atom stereocenters. The molecule has 41 heavy (non-hydrogen) atoms. The molecule has 0 fully saturated rings. The normalized spacial score (nSPS) is 12.9. The number of nitrogen functional groups attached to an aromatic ring is 1. The molecule has 0 bridgehead atoms. The number of hydrogen-bond acceptors (Lipinski definition) is 3. The van der Waals surface area contributed by atoms with E-state index in [0.29, 0.717) is 39.6 Å². The molecule has 0 aliphatic carbocycles. The summed E-state index contributed by atoms with van der Waals surface area (Å²) in [6, 6.07) is 27.2. The van der Waals surface area contributed by atoms with E-state index in [-0.39, 0.29) is 27.4 Å². The van der Waals surface area contributed by atoms with Crippen LogP contribution in [0.25, 0.3) is 21.9 Å². The van der Waals surface area contributed by atoms with Gasteiger partial charge in [-0.05, 0) is 61.9 Å². The number of nitrogens with zero attached hydrogens (tertiary/aromatic N) is 1. The summed E-state index contributed by atoms with van der Waals surface area (Å²) in [7, 11) is 0. The fourth-order valence-electron chi connectivity index (χ4n) is 5.03. The van der Waals surface area contributed by atoms with Gasteiger partial charge in [0.15, 0.2) is 0 Å². The van der Waals surface area contributed by atoms with Crippen LogP contribution in [0.2, 0.25) is 0 Å². The second-order valence-corrected chi connectivity index (χ2v) is 11.6. The van der Waals surface area contributed by atoms with Gasteiger partial charge in [0.1, 0.15) is 0 Å². The number of carbonyl (C=O) groups excluding carboxylic acids is 2. The summed E-state index contributed by atoms with van der Waals surface area (Å²) in [5, 5.41) is 1.30. The first-order valence-corrected chi connectivity index (χ1v) is 13.4. The van der Waals surface area contributed by atoms with Crippen molar-refractivity contribution < 1.29 is 9.59 Å². The number of imide groups is 1. The Bertz CT molecular complexity index is 1710. The van der Waals surface area contributed by atoms with E-state index in [2.05, 4.69) is 44.4 Å². The van der Waals surface area contributed by atoms with Gasteiger partial charge in [-0.2, -0.15) is 5.92 Å². The Hall–Kier alpha value is -4.45. The quantitative estimate of drug-likeness (QED) is 0.0720. The summed E-state index contributed by atoms with van der Waals surface area (Å²) in [5.41, 5.74) is 9.69. The summed E-state index contributed by atoms with van der Waals surface area (Å²) < 4.78 is 0. The third-order valence-electron chi connectivity index (χ3n) is 7.68. The molecule has 0 saturated heterocycles. The van der Waals surface area contributed by atoms with Crippen molar-refractivity contribution >= 4 is 38.4 Å². The topological polar surface area (TPSA) is 63.4 Å². The van der Waals surface area contributed by atoms with Crippen molar-refractivity contribution in [2.45, 2.75) is 46.1 Å². The maximum Gasteiger partial charge on any atom is 2.00 e. The molecule has 0 saturated carbocycles. The second kappa shape index (κ2) is 11.2. The van der Waals surface area contributed by atoms with Gasteiger partial charge in [0, 0.05) is 22.4 Å². The molecule has 1 heterocycles. The van der Waals surface area contributed by atoms with Crippen LogP contribution in [-0.2, 0) is 0 Å². The molecule has 0 unspecified atom stereocenters. The summed E-state index contributed by atoms with van der Waals surface area (Å²) in [6.45, 7) is 12.1. The number of amides is 2. The standard InChI is InChI=1S/C36H32N2O2.Be/c1-6-35(2,3)20-21-36(4,5)38-33(39)29-19-18-28(26-10-8-7-9-11-26)30-22-25(23-31(32(29)30)34(38)40)13-12-24-14-16-27(37)17-15-24;/h6-10,14-19,23H,1,20-21,37H2,2-5H3;/q-2;+2. The molecule has 2 N–H and O–H groups in total. The molecule has 1 aliphatic heterocycles.